The Bertz CT molecular complexity index is 868. The van der Waals surface area contributed by atoms with Crippen LogP contribution in [0.1, 0.15) is 11.1 Å². The summed E-state index contributed by atoms with van der Waals surface area (Å²) in [5.41, 5.74) is 0.361. The van der Waals surface area contributed by atoms with Crippen LogP contribution >= 0.6 is 11.6 Å². The summed E-state index contributed by atoms with van der Waals surface area (Å²) >= 11 is 6.23. The van der Waals surface area contributed by atoms with Gasteiger partial charge in [0.25, 0.3) is 0 Å². The van der Waals surface area contributed by atoms with E-state index in [4.69, 9.17) is 11.6 Å². The molecule has 0 saturated heterocycles. The molecule has 3 rings (SSSR count). The minimum atomic E-state index is -4.41. The first kappa shape index (κ1) is 20.0. The lowest BCUT2D eigenvalue weighted by atomic mass is 10.2. The standard InChI is InChI=1S/C19H18ClF3N4O/c20-16-4-2-1-3-15(16)17-24-9-11-27(17)12-10-25-18(28)26-14-7-5-13(6-8-14)19(21,22)23/h1-8H,9-12H2,(H2,25,26,28). The number of hydrogen-bond acceptors (Lipinski definition) is 3. The van der Waals surface area contributed by atoms with Crippen LogP contribution in [0.5, 0.6) is 0 Å². The predicted octanol–water partition coefficient (Wildman–Crippen LogP) is 4.24. The molecule has 0 bridgehead atoms. The topological polar surface area (TPSA) is 56.7 Å². The number of urea groups is 1. The maximum absolute atomic E-state index is 12.6. The first-order chi connectivity index (χ1) is 13.3. The molecule has 1 heterocycles. The number of halogens is 4. The van der Waals surface area contributed by atoms with E-state index < -0.39 is 17.8 Å². The summed E-state index contributed by atoms with van der Waals surface area (Å²) in [5, 5.41) is 5.81. The fourth-order valence-corrected chi connectivity index (χ4v) is 3.04. The minimum absolute atomic E-state index is 0.282. The van der Waals surface area contributed by atoms with E-state index in [9.17, 15) is 18.0 Å². The van der Waals surface area contributed by atoms with Crippen LogP contribution < -0.4 is 10.6 Å². The van der Waals surface area contributed by atoms with Crippen molar-refractivity contribution >= 4 is 29.2 Å². The molecule has 2 amide bonds. The van der Waals surface area contributed by atoms with Gasteiger partial charge in [0.1, 0.15) is 5.84 Å². The SMILES string of the molecule is O=C(NCCN1CCN=C1c1ccccc1Cl)Nc1ccc(C(F)(F)F)cc1. The Kier molecular flexibility index (Phi) is 6.08. The number of anilines is 1. The third kappa shape index (κ3) is 4.95. The van der Waals surface area contributed by atoms with Gasteiger partial charge in [-0.25, -0.2) is 4.79 Å². The van der Waals surface area contributed by atoms with Gasteiger partial charge >= 0.3 is 12.2 Å². The molecule has 148 valence electrons. The third-order valence-electron chi connectivity index (χ3n) is 4.18. The van der Waals surface area contributed by atoms with Gasteiger partial charge < -0.3 is 15.5 Å². The molecule has 0 atom stereocenters. The highest BCUT2D eigenvalue weighted by atomic mass is 35.5. The second kappa shape index (κ2) is 8.52. The van der Waals surface area contributed by atoms with E-state index in [-0.39, 0.29) is 5.69 Å². The molecule has 0 saturated carbocycles. The molecule has 2 N–H and O–H groups in total. The molecule has 0 unspecified atom stereocenters. The maximum atomic E-state index is 12.6. The van der Waals surface area contributed by atoms with Gasteiger partial charge in [-0.1, -0.05) is 23.7 Å². The summed E-state index contributed by atoms with van der Waals surface area (Å²) in [6.07, 6.45) is -4.41. The molecule has 28 heavy (non-hydrogen) atoms. The van der Waals surface area contributed by atoms with Gasteiger partial charge in [0, 0.05) is 30.9 Å². The quantitative estimate of drug-likeness (QED) is 0.774. The van der Waals surface area contributed by atoms with E-state index in [1.165, 1.54) is 12.1 Å². The van der Waals surface area contributed by atoms with Gasteiger partial charge in [0.05, 0.1) is 17.1 Å². The summed E-state index contributed by atoms with van der Waals surface area (Å²) in [7, 11) is 0. The van der Waals surface area contributed by atoms with Crippen molar-refractivity contribution in [3.63, 3.8) is 0 Å². The van der Waals surface area contributed by atoms with Crippen LogP contribution in [0.15, 0.2) is 53.5 Å². The number of amides is 2. The molecule has 0 fully saturated rings. The van der Waals surface area contributed by atoms with Crippen LogP contribution in [0.4, 0.5) is 23.7 Å². The number of benzene rings is 2. The van der Waals surface area contributed by atoms with E-state index >= 15 is 0 Å². The van der Waals surface area contributed by atoms with Crippen LogP contribution in [-0.4, -0.2) is 42.9 Å². The summed E-state index contributed by atoms with van der Waals surface area (Å²) in [6.45, 7) is 2.25. The summed E-state index contributed by atoms with van der Waals surface area (Å²) in [4.78, 5) is 18.5. The molecule has 1 aliphatic rings. The normalized spacial score (nSPS) is 14.0. The lowest BCUT2D eigenvalue weighted by Gasteiger charge is -2.21. The number of carbonyl (C=O) groups is 1. The van der Waals surface area contributed by atoms with Gasteiger partial charge in [0.15, 0.2) is 0 Å². The highest BCUT2D eigenvalue weighted by molar-refractivity contribution is 6.34. The van der Waals surface area contributed by atoms with E-state index in [0.29, 0.717) is 24.7 Å². The van der Waals surface area contributed by atoms with Crippen LogP contribution in [-0.2, 0) is 6.18 Å². The van der Waals surface area contributed by atoms with Crippen LogP contribution in [0.2, 0.25) is 5.02 Å². The lowest BCUT2D eigenvalue weighted by molar-refractivity contribution is -0.137. The average molecular weight is 411 g/mol. The molecule has 0 spiro atoms. The molecule has 0 radical (unpaired) electrons. The third-order valence-corrected chi connectivity index (χ3v) is 4.51. The zero-order chi connectivity index (χ0) is 20.1. The van der Waals surface area contributed by atoms with Crippen molar-refractivity contribution in [3.8, 4) is 0 Å². The van der Waals surface area contributed by atoms with Crippen molar-refractivity contribution < 1.29 is 18.0 Å². The van der Waals surface area contributed by atoms with Crippen molar-refractivity contribution in [2.24, 2.45) is 4.99 Å². The zero-order valence-corrected chi connectivity index (χ0v) is 15.5. The van der Waals surface area contributed by atoms with E-state index in [1.54, 1.807) is 6.07 Å². The largest absolute Gasteiger partial charge is 0.416 e. The molecule has 2 aromatic carbocycles. The predicted molar refractivity (Wildman–Crippen MR) is 103 cm³/mol. The number of hydrogen-bond donors (Lipinski definition) is 2. The van der Waals surface area contributed by atoms with Crippen LogP contribution in [0, 0.1) is 0 Å². The Morgan fingerprint density at radius 2 is 1.86 bits per heavy atom. The lowest BCUT2D eigenvalue weighted by Crippen LogP contribution is -2.38. The second-order valence-electron chi connectivity index (χ2n) is 6.13. The zero-order valence-electron chi connectivity index (χ0n) is 14.8. The van der Waals surface area contributed by atoms with E-state index in [0.717, 1.165) is 30.1 Å². The number of amidine groups is 1. The summed E-state index contributed by atoms with van der Waals surface area (Å²) < 4.78 is 37.7. The van der Waals surface area contributed by atoms with Gasteiger partial charge in [-0.05, 0) is 36.4 Å². The first-order valence-corrected chi connectivity index (χ1v) is 8.99. The molecule has 0 aliphatic carbocycles. The van der Waals surface area contributed by atoms with Crippen molar-refractivity contribution in [2.45, 2.75) is 6.18 Å². The maximum Gasteiger partial charge on any atom is 0.416 e. The Hall–Kier alpha value is -2.74. The van der Waals surface area contributed by atoms with Gasteiger partial charge in [-0.15, -0.1) is 0 Å². The van der Waals surface area contributed by atoms with Gasteiger partial charge in [-0.3, -0.25) is 4.99 Å². The molecule has 9 heteroatoms. The average Bonchev–Trinajstić information content (AvgIpc) is 3.10. The fourth-order valence-electron chi connectivity index (χ4n) is 2.82. The number of carbonyl (C=O) groups excluding carboxylic acids is 1. The Balaban J connectivity index is 1.49. The fraction of sp³-hybridized carbons (Fsp3) is 0.263. The molecule has 1 aliphatic heterocycles. The monoisotopic (exact) mass is 410 g/mol. The highest BCUT2D eigenvalue weighted by Gasteiger charge is 2.30. The first-order valence-electron chi connectivity index (χ1n) is 8.61. The van der Waals surface area contributed by atoms with E-state index in [2.05, 4.69) is 15.6 Å². The number of aliphatic imine (C=N–C) groups is 1. The molecular formula is C19H18ClF3N4O. The minimum Gasteiger partial charge on any atom is -0.353 e. The molecule has 2 aromatic rings. The number of alkyl halides is 3. The Morgan fingerprint density at radius 3 is 2.54 bits per heavy atom. The second-order valence-corrected chi connectivity index (χ2v) is 6.54. The number of rotatable bonds is 5. The van der Waals surface area contributed by atoms with Crippen molar-refractivity contribution in [1.29, 1.82) is 0 Å². The summed E-state index contributed by atoms with van der Waals surface area (Å²) in [5.74, 6) is 0.788. The Labute approximate surface area is 165 Å². The molecular weight excluding hydrogens is 393 g/mol. The summed E-state index contributed by atoms with van der Waals surface area (Å²) in [6, 6.07) is 11.2. The number of nitrogens with zero attached hydrogens (tertiary/aromatic N) is 2. The van der Waals surface area contributed by atoms with Crippen LogP contribution in [0.3, 0.4) is 0 Å². The molecule has 5 nitrogen and oxygen atoms in total. The smallest absolute Gasteiger partial charge is 0.353 e. The highest BCUT2D eigenvalue weighted by Crippen LogP contribution is 2.29. The number of nitrogens with one attached hydrogen (secondary N) is 2. The van der Waals surface area contributed by atoms with E-state index in [1.807, 2.05) is 23.1 Å². The van der Waals surface area contributed by atoms with Crippen molar-refractivity contribution in [3.05, 3.63) is 64.7 Å². The molecule has 0 aromatic heterocycles. The van der Waals surface area contributed by atoms with Crippen LogP contribution in [0.25, 0.3) is 0 Å². The van der Waals surface area contributed by atoms with Crippen molar-refractivity contribution in [1.82, 2.24) is 10.2 Å². The van der Waals surface area contributed by atoms with Gasteiger partial charge in [0.2, 0.25) is 0 Å². The Morgan fingerprint density at radius 1 is 1.14 bits per heavy atom. The van der Waals surface area contributed by atoms with Crippen molar-refractivity contribution in [2.75, 3.05) is 31.5 Å². The van der Waals surface area contributed by atoms with Gasteiger partial charge in [-0.2, -0.15) is 13.2 Å².